The quantitative estimate of drug-likeness (QED) is 0.144. The minimum Gasteiger partial charge on any atom is -0.458 e. The summed E-state index contributed by atoms with van der Waals surface area (Å²) in [6, 6.07) is 38.6. The number of hydrogen-bond acceptors (Lipinski definition) is 6. The van der Waals surface area contributed by atoms with Crippen LogP contribution in [0.25, 0.3) is 32.3 Å². The van der Waals surface area contributed by atoms with Crippen LogP contribution in [0.3, 0.4) is 0 Å². The molecule has 0 N–H and O–H groups in total. The van der Waals surface area contributed by atoms with E-state index in [9.17, 15) is 14.4 Å². The summed E-state index contributed by atoms with van der Waals surface area (Å²) in [5.41, 5.74) is 1.14. The van der Waals surface area contributed by atoms with Crippen LogP contribution < -0.4 is 0 Å². The van der Waals surface area contributed by atoms with Gasteiger partial charge in [-0.15, -0.1) is 0 Å². The number of carbonyl (C=O) groups excluding carboxylic acids is 3. The summed E-state index contributed by atoms with van der Waals surface area (Å²) >= 11 is 0. The van der Waals surface area contributed by atoms with Crippen molar-refractivity contribution in [3.05, 3.63) is 144 Å². The van der Waals surface area contributed by atoms with Crippen molar-refractivity contribution in [2.24, 2.45) is 0 Å². The molecule has 0 heterocycles. The van der Waals surface area contributed by atoms with Crippen molar-refractivity contribution in [1.29, 1.82) is 0 Å². The molecule has 6 aromatic rings. The Bertz CT molecular complexity index is 1830. The topological polar surface area (TPSA) is 78.9 Å². The Morgan fingerprint density at radius 3 is 1.17 bits per heavy atom. The van der Waals surface area contributed by atoms with Gasteiger partial charge in [0.1, 0.15) is 13.2 Å². The number of esters is 3. The second kappa shape index (κ2) is 11.9. The van der Waals surface area contributed by atoms with Crippen molar-refractivity contribution in [2.45, 2.75) is 6.10 Å². The molecule has 0 bridgehead atoms. The SMILES string of the molecule is O=C(OCC(COC(=O)c1cccc2ccccc12)OC(=O)c1cccc2ccccc12)c1cccc2ccccc12. The fraction of sp³-hybridized carbons (Fsp3) is 0.0833. The van der Waals surface area contributed by atoms with E-state index in [0.29, 0.717) is 16.7 Å². The van der Waals surface area contributed by atoms with Gasteiger partial charge in [0.2, 0.25) is 0 Å². The molecule has 0 saturated carbocycles. The minimum atomic E-state index is -1.05. The maximum atomic E-state index is 13.3. The molecule has 0 saturated heterocycles. The molecule has 0 aromatic heterocycles. The van der Waals surface area contributed by atoms with Gasteiger partial charge in [-0.25, -0.2) is 14.4 Å². The van der Waals surface area contributed by atoms with Crippen LogP contribution >= 0.6 is 0 Å². The summed E-state index contributed by atoms with van der Waals surface area (Å²) in [5.74, 6) is -1.75. The molecule has 0 aliphatic heterocycles. The molecule has 0 aliphatic rings. The van der Waals surface area contributed by atoms with E-state index in [1.165, 1.54) is 0 Å². The summed E-state index contributed by atoms with van der Waals surface area (Å²) in [4.78, 5) is 39.6. The largest absolute Gasteiger partial charge is 0.458 e. The number of benzene rings is 6. The van der Waals surface area contributed by atoms with Gasteiger partial charge in [-0.05, 0) is 50.5 Å². The average molecular weight is 555 g/mol. The van der Waals surface area contributed by atoms with Crippen LogP contribution in [0.15, 0.2) is 127 Å². The molecular formula is C36H26O6. The first-order valence-corrected chi connectivity index (χ1v) is 13.6. The fourth-order valence-electron chi connectivity index (χ4n) is 5.03. The van der Waals surface area contributed by atoms with E-state index in [2.05, 4.69) is 0 Å². The first kappa shape index (κ1) is 26.7. The van der Waals surface area contributed by atoms with Gasteiger partial charge in [0.25, 0.3) is 0 Å². The molecular weight excluding hydrogens is 528 g/mol. The van der Waals surface area contributed by atoms with Crippen LogP contribution in [0, 0.1) is 0 Å². The van der Waals surface area contributed by atoms with Gasteiger partial charge in [-0.3, -0.25) is 0 Å². The molecule has 42 heavy (non-hydrogen) atoms. The van der Waals surface area contributed by atoms with Gasteiger partial charge < -0.3 is 14.2 Å². The molecule has 206 valence electrons. The highest BCUT2D eigenvalue weighted by Gasteiger charge is 2.23. The lowest BCUT2D eigenvalue weighted by molar-refractivity contribution is -0.0251. The zero-order chi connectivity index (χ0) is 28.9. The number of fused-ring (bicyclic) bond motifs is 3. The molecule has 6 rings (SSSR count). The van der Waals surface area contributed by atoms with E-state index in [-0.39, 0.29) is 13.2 Å². The van der Waals surface area contributed by atoms with Crippen LogP contribution in [0.4, 0.5) is 0 Å². The first-order valence-electron chi connectivity index (χ1n) is 13.6. The standard InChI is InChI=1S/C36H26O6/c37-34(31-19-7-13-24-10-1-4-16-28(24)31)40-22-27(42-36(39)33-21-9-15-26-12-3-6-18-30(26)33)23-41-35(38)32-20-8-14-25-11-2-5-17-29(25)32/h1-21,27H,22-23H2. The summed E-state index contributed by atoms with van der Waals surface area (Å²) in [5, 5.41) is 4.90. The van der Waals surface area contributed by atoms with Gasteiger partial charge in [-0.2, -0.15) is 0 Å². The van der Waals surface area contributed by atoms with Crippen molar-refractivity contribution in [2.75, 3.05) is 13.2 Å². The normalized spacial score (nSPS) is 11.1. The molecule has 0 fully saturated rings. The van der Waals surface area contributed by atoms with Gasteiger partial charge >= 0.3 is 17.9 Å². The maximum absolute atomic E-state index is 13.3. The zero-order valence-electron chi connectivity index (χ0n) is 22.6. The smallest absolute Gasteiger partial charge is 0.339 e. The van der Waals surface area contributed by atoms with Crippen molar-refractivity contribution in [3.8, 4) is 0 Å². The molecule has 0 spiro atoms. The molecule has 0 aliphatic carbocycles. The molecule has 0 amide bonds. The second-order valence-electron chi connectivity index (χ2n) is 9.80. The second-order valence-corrected chi connectivity index (χ2v) is 9.80. The Hall–Kier alpha value is -5.49. The molecule has 0 atom stereocenters. The number of ether oxygens (including phenoxy) is 3. The Balaban J connectivity index is 1.23. The minimum absolute atomic E-state index is 0.304. The highest BCUT2D eigenvalue weighted by atomic mass is 16.6. The third kappa shape index (κ3) is 5.56. The first-order chi connectivity index (χ1) is 20.6. The lowest BCUT2D eigenvalue weighted by Crippen LogP contribution is -2.31. The molecule has 6 nitrogen and oxygen atoms in total. The molecule has 0 radical (unpaired) electrons. The average Bonchev–Trinajstić information content (AvgIpc) is 3.04. The van der Waals surface area contributed by atoms with Crippen molar-refractivity contribution >= 4 is 50.2 Å². The Morgan fingerprint density at radius 2 is 0.762 bits per heavy atom. The van der Waals surface area contributed by atoms with E-state index >= 15 is 0 Å². The lowest BCUT2D eigenvalue weighted by Gasteiger charge is -2.19. The van der Waals surface area contributed by atoms with E-state index in [1.54, 1.807) is 36.4 Å². The molecule has 6 aromatic carbocycles. The van der Waals surface area contributed by atoms with E-state index in [0.717, 1.165) is 32.3 Å². The van der Waals surface area contributed by atoms with Gasteiger partial charge in [0.15, 0.2) is 6.10 Å². The van der Waals surface area contributed by atoms with Crippen molar-refractivity contribution in [1.82, 2.24) is 0 Å². The van der Waals surface area contributed by atoms with Crippen LogP contribution in [-0.2, 0) is 14.2 Å². The number of hydrogen-bond donors (Lipinski definition) is 0. The highest BCUT2D eigenvalue weighted by Crippen LogP contribution is 2.23. The third-order valence-electron chi connectivity index (χ3n) is 7.10. The summed E-state index contributed by atoms with van der Waals surface area (Å²) in [6.07, 6.45) is -1.05. The van der Waals surface area contributed by atoms with Gasteiger partial charge in [0, 0.05) is 0 Å². The Morgan fingerprint density at radius 1 is 0.429 bits per heavy atom. The third-order valence-corrected chi connectivity index (χ3v) is 7.10. The van der Waals surface area contributed by atoms with Gasteiger partial charge in [0.05, 0.1) is 16.7 Å². The van der Waals surface area contributed by atoms with Gasteiger partial charge in [-0.1, -0.05) is 109 Å². The number of rotatable bonds is 8. The van der Waals surface area contributed by atoms with Crippen molar-refractivity contribution in [3.63, 3.8) is 0 Å². The van der Waals surface area contributed by atoms with E-state index in [4.69, 9.17) is 14.2 Å². The molecule has 6 heteroatoms. The summed E-state index contributed by atoms with van der Waals surface area (Å²) in [7, 11) is 0. The predicted octanol–water partition coefficient (Wildman–Crippen LogP) is 7.39. The van der Waals surface area contributed by atoms with Crippen molar-refractivity contribution < 1.29 is 28.6 Å². The number of carbonyl (C=O) groups is 3. The fourth-order valence-corrected chi connectivity index (χ4v) is 5.03. The van der Waals surface area contributed by atoms with Crippen LogP contribution in [0.5, 0.6) is 0 Å². The monoisotopic (exact) mass is 554 g/mol. The lowest BCUT2D eigenvalue weighted by atomic mass is 10.0. The van der Waals surface area contributed by atoms with E-state index in [1.807, 2.05) is 91.0 Å². The predicted molar refractivity (Wildman–Crippen MR) is 162 cm³/mol. The molecule has 0 unspecified atom stereocenters. The van der Waals surface area contributed by atoms with Crippen LogP contribution in [0.2, 0.25) is 0 Å². The van der Waals surface area contributed by atoms with Crippen LogP contribution in [-0.4, -0.2) is 37.2 Å². The summed E-state index contributed by atoms with van der Waals surface area (Å²) in [6.45, 7) is -0.608. The maximum Gasteiger partial charge on any atom is 0.339 e. The Labute approximate surface area is 242 Å². The zero-order valence-corrected chi connectivity index (χ0v) is 22.6. The highest BCUT2D eigenvalue weighted by molar-refractivity contribution is 6.06. The summed E-state index contributed by atoms with van der Waals surface area (Å²) < 4.78 is 17.0. The Kier molecular flexibility index (Phi) is 7.60. The van der Waals surface area contributed by atoms with Crippen LogP contribution in [0.1, 0.15) is 31.1 Å². The van der Waals surface area contributed by atoms with E-state index < -0.39 is 24.0 Å².